The number of aryl methyl sites for hydroxylation is 2. The Hall–Kier alpha value is -0.940. The maximum Gasteiger partial charge on any atom is 0.223 e. The van der Waals surface area contributed by atoms with E-state index in [9.17, 15) is 4.79 Å². The molecule has 1 aromatic heterocycles. The minimum absolute atomic E-state index is 0.0123. The number of aromatic nitrogens is 1. The van der Waals surface area contributed by atoms with Crippen molar-refractivity contribution in [1.82, 2.24) is 9.88 Å². The van der Waals surface area contributed by atoms with Crippen LogP contribution in [0.3, 0.4) is 0 Å². The lowest BCUT2D eigenvalue weighted by Gasteiger charge is -2.26. The Morgan fingerprint density at radius 3 is 2.95 bits per heavy atom. The highest BCUT2D eigenvalue weighted by Crippen LogP contribution is 2.36. The molecule has 21 heavy (non-hydrogen) atoms. The quantitative estimate of drug-likeness (QED) is 0.862. The molecule has 0 unspecified atom stereocenters. The molecule has 5 heteroatoms. The first-order valence-corrected chi connectivity index (χ1v) is 8.80. The number of hydrogen-bond acceptors (Lipinski definition) is 4. The van der Waals surface area contributed by atoms with Crippen LogP contribution in [0.1, 0.15) is 54.6 Å². The molecule has 0 aliphatic carbocycles. The van der Waals surface area contributed by atoms with E-state index in [0.29, 0.717) is 6.42 Å². The first kappa shape index (κ1) is 15.0. The summed E-state index contributed by atoms with van der Waals surface area (Å²) in [6.07, 6.45) is 5.70. The van der Waals surface area contributed by atoms with E-state index in [4.69, 9.17) is 4.74 Å². The number of ether oxygens (including phenoxy) is 1. The van der Waals surface area contributed by atoms with Crippen LogP contribution in [0.25, 0.3) is 0 Å². The molecule has 3 rings (SSSR count). The number of likely N-dealkylation sites (tertiary alicyclic amines) is 1. The fraction of sp³-hybridized carbons (Fsp3) is 0.750. The molecule has 4 nitrogen and oxygen atoms in total. The third kappa shape index (κ3) is 3.14. The number of amides is 1. The summed E-state index contributed by atoms with van der Waals surface area (Å²) in [6, 6.07) is 0. The van der Waals surface area contributed by atoms with Gasteiger partial charge >= 0.3 is 0 Å². The van der Waals surface area contributed by atoms with E-state index in [-0.39, 0.29) is 11.5 Å². The van der Waals surface area contributed by atoms with Gasteiger partial charge in [-0.1, -0.05) is 6.92 Å². The molecule has 2 saturated heterocycles. The van der Waals surface area contributed by atoms with Gasteiger partial charge in [-0.25, -0.2) is 4.98 Å². The molecule has 0 radical (unpaired) electrons. The van der Waals surface area contributed by atoms with Crippen LogP contribution in [0.15, 0.2) is 0 Å². The molecule has 1 aromatic rings. The van der Waals surface area contributed by atoms with Crippen LogP contribution >= 0.6 is 11.3 Å². The fourth-order valence-corrected chi connectivity index (χ4v) is 4.52. The van der Waals surface area contributed by atoms with Crippen molar-refractivity contribution in [2.24, 2.45) is 0 Å². The summed E-state index contributed by atoms with van der Waals surface area (Å²) < 4.78 is 5.97. The van der Waals surface area contributed by atoms with Crippen LogP contribution in [0.2, 0.25) is 0 Å². The van der Waals surface area contributed by atoms with E-state index in [1.54, 1.807) is 11.3 Å². The summed E-state index contributed by atoms with van der Waals surface area (Å²) >= 11 is 1.73. The van der Waals surface area contributed by atoms with Crippen LogP contribution in [0.5, 0.6) is 0 Å². The third-order valence-corrected chi connectivity index (χ3v) is 5.72. The molecule has 116 valence electrons. The second-order valence-corrected chi connectivity index (χ2v) is 7.44. The SMILES string of the molecule is CCc1nc(C)sc1CN1CC[C@]2(CCCO2)CCC1=O. The zero-order chi connectivity index (χ0) is 14.9. The molecule has 1 amide bonds. The van der Waals surface area contributed by atoms with Gasteiger partial charge in [0.25, 0.3) is 0 Å². The predicted molar refractivity (Wildman–Crippen MR) is 83.4 cm³/mol. The Bertz CT molecular complexity index is 520. The molecular formula is C16H24N2O2S. The van der Waals surface area contributed by atoms with E-state index < -0.39 is 0 Å². The average molecular weight is 308 g/mol. The van der Waals surface area contributed by atoms with Crippen molar-refractivity contribution in [2.45, 2.75) is 64.5 Å². The van der Waals surface area contributed by atoms with E-state index >= 15 is 0 Å². The normalized spacial score (nSPS) is 26.6. The summed E-state index contributed by atoms with van der Waals surface area (Å²) in [4.78, 5) is 20.3. The van der Waals surface area contributed by atoms with Crippen LogP contribution < -0.4 is 0 Å². The smallest absolute Gasteiger partial charge is 0.223 e. The molecule has 1 spiro atoms. The van der Waals surface area contributed by atoms with Crippen LogP contribution in [0.4, 0.5) is 0 Å². The second-order valence-electron chi connectivity index (χ2n) is 6.16. The molecule has 0 saturated carbocycles. The monoisotopic (exact) mass is 308 g/mol. The number of carbonyl (C=O) groups is 1. The van der Waals surface area contributed by atoms with Crippen molar-refractivity contribution in [2.75, 3.05) is 13.2 Å². The predicted octanol–water partition coefficient (Wildman–Crippen LogP) is 3.08. The molecule has 1 atom stereocenters. The van der Waals surface area contributed by atoms with Gasteiger partial charge in [-0.05, 0) is 39.0 Å². The number of thiazole rings is 1. The standard InChI is InChI=1S/C16H24N2O2S/c1-3-13-14(21-12(2)17-13)11-18-9-8-16(6-4-10-20-16)7-5-15(18)19/h3-11H2,1-2H3/t16-/m0/s1. The van der Waals surface area contributed by atoms with E-state index in [1.807, 2.05) is 11.8 Å². The Kier molecular flexibility index (Phi) is 4.31. The summed E-state index contributed by atoms with van der Waals surface area (Å²) in [5.74, 6) is 0.274. The maximum atomic E-state index is 12.4. The van der Waals surface area contributed by atoms with Gasteiger partial charge < -0.3 is 9.64 Å². The summed E-state index contributed by atoms with van der Waals surface area (Å²) in [7, 11) is 0. The number of carbonyl (C=O) groups excluding carboxylic acids is 1. The topological polar surface area (TPSA) is 42.4 Å². The molecule has 2 aliphatic heterocycles. The highest BCUT2D eigenvalue weighted by Gasteiger charge is 2.38. The maximum absolute atomic E-state index is 12.4. The lowest BCUT2D eigenvalue weighted by atomic mass is 9.92. The average Bonchev–Trinajstić information content (AvgIpc) is 3.04. The van der Waals surface area contributed by atoms with Crippen LogP contribution in [0, 0.1) is 6.92 Å². The minimum Gasteiger partial charge on any atom is -0.375 e. The molecule has 2 fully saturated rings. The van der Waals surface area contributed by atoms with E-state index in [1.165, 1.54) is 4.88 Å². The Morgan fingerprint density at radius 1 is 1.38 bits per heavy atom. The molecule has 0 aromatic carbocycles. The molecular weight excluding hydrogens is 284 g/mol. The Morgan fingerprint density at radius 2 is 2.24 bits per heavy atom. The first-order valence-electron chi connectivity index (χ1n) is 7.99. The van der Waals surface area contributed by atoms with Crippen LogP contribution in [-0.2, 0) is 22.5 Å². The Labute approximate surface area is 130 Å². The zero-order valence-corrected chi connectivity index (χ0v) is 13.8. The summed E-state index contributed by atoms with van der Waals surface area (Å²) in [6.45, 7) is 6.58. The summed E-state index contributed by atoms with van der Waals surface area (Å²) in [5, 5.41) is 1.10. The van der Waals surface area contributed by atoms with Crippen molar-refractivity contribution < 1.29 is 9.53 Å². The first-order chi connectivity index (χ1) is 10.1. The number of rotatable bonds is 3. The zero-order valence-electron chi connectivity index (χ0n) is 13.0. The van der Waals surface area contributed by atoms with Crippen molar-refractivity contribution in [3.8, 4) is 0 Å². The van der Waals surface area contributed by atoms with Crippen molar-refractivity contribution >= 4 is 17.2 Å². The van der Waals surface area contributed by atoms with Gasteiger partial charge in [0.2, 0.25) is 5.91 Å². The van der Waals surface area contributed by atoms with Crippen molar-refractivity contribution in [1.29, 1.82) is 0 Å². The number of nitrogens with zero attached hydrogens (tertiary/aromatic N) is 2. The lowest BCUT2D eigenvalue weighted by molar-refractivity contribution is -0.131. The van der Waals surface area contributed by atoms with Crippen molar-refractivity contribution in [3.63, 3.8) is 0 Å². The van der Waals surface area contributed by atoms with Gasteiger partial charge in [0.05, 0.1) is 22.8 Å². The summed E-state index contributed by atoms with van der Waals surface area (Å²) in [5.41, 5.74) is 1.14. The highest BCUT2D eigenvalue weighted by molar-refractivity contribution is 7.11. The minimum atomic E-state index is -0.0123. The van der Waals surface area contributed by atoms with Gasteiger partial charge in [-0.2, -0.15) is 0 Å². The van der Waals surface area contributed by atoms with Gasteiger partial charge in [-0.3, -0.25) is 4.79 Å². The van der Waals surface area contributed by atoms with Gasteiger partial charge in [0.15, 0.2) is 0 Å². The van der Waals surface area contributed by atoms with E-state index in [2.05, 4.69) is 11.9 Å². The van der Waals surface area contributed by atoms with E-state index in [0.717, 1.165) is 62.5 Å². The van der Waals surface area contributed by atoms with Crippen LogP contribution in [-0.4, -0.2) is 34.5 Å². The molecule has 0 N–H and O–H groups in total. The van der Waals surface area contributed by atoms with Crippen molar-refractivity contribution in [3.05, 3.63) is 15.6 Å². The largest absolute Gasteiger partial charge is 0.375 e. The number of hydrogen-bond donors (Lipinski definition) is 0. The lowest BCUT2D eigenvalue weighted by Crippen LogP contribution is -2.32. The van der Waals surface area contributed by atoms with Gasteiger partial charge in [0.1, 0.15) is 0 Å². The third-order valence-electron chi connectivity index (χ3n) is 4.72. The highest BCUT2D eigenvalue weighted by atomic mass is 32.1. The molecule has 3 heterocycles. The molecule has 2 aliphatic rings. The fourth-order valence-electron chi connectivity index (χ4n) is 3.48. The molecule has 0 bridgehead atoms. The van der Waals surface area contributed by atoms with Gasteiger partial charge in [0, 0.05) is 24.4 Å². The Balaban J connectivity index is 1.71. The van der Waals surface area contributed by atoms with Gasteiger partial charge in [-0.15, -0.1) is 11.3 Å². The second kappa shape index (κ2) is 6.05.